The van der Waals surface area contributed by atoms with Gasteiger partial charge in [0.1, 0.15) is 5.82 Å². The minimum absolute atomic E-state index is 0.0462. The van der Waals surface area contributed by atoms with Crippen molar-refractivity contribution in [3.63, 3.8) is 0 Å². The molecule has 0 fully saturated rings. The Morgan fingerprint density at radius 1 is 1.00 bits per heavy atom. The summed E-state index contributed by atoms with van der Waals surface area (Å²) in [5.41, 5.74) is 8.95. The van der Waals surface area contributed by atoms with E-state index in [0.717, 1.165) is 16.9 Å². The van der Waals surface area contributed by atoms with Crippen molar-refractivity contribution in [1.29, 1.82) is 0 Å². The number of hydrogen-bond acceptors (Lipinski definition) is 4. The summed E-state index contributed by atoms with van der Waals surface area (Å²) in [5.74, 6) is 1.19. The van der Waals surface area contributed by atoms with Gasteiger partial charge >= 0.3 is 0 Å². The van der Waals surface area contributed by atoms with Crippen LogP contribution in [0.1, 0.15) is 26.5 Å². The molecule has 0 radical (unpaired) electrons. The van der Waals surface area contributed by atoms with Crippen molar-refractivity contribution in [3.05, 3.63) is 36.0 Å². The summed E-state index contributed by atoms with van der Waals surface area (Å²) in [5, 5.41) is 0. The molecule has 4 heteroatoms. The molecule has 1 heterocycles. The van der Waals surface area contributed by atoms with Gasteiger partial charge in [-0.3, -0.25) is 0 Å². The molecular formula is C16H22N4. The van der Waals surface area contributed by atoms with Gasteiger partial charge in [0.15, 0.2) is 5.82 Å². The fourth-order valence-electron chi connectivity index (χ4n) is 1.89. The lowest BCUT2D eigenvalue weighted by molar-refractivity contribution is 0.568. The standard InChI is InChI=1S/C16H22N4/c1-16(2,3)13-10-14(17)19-15(18-13)11-6-8-12(9-7-11)20(4)5/h6-10H,1-5H3,(H2,17,18,19). The second-order valence-corrected chi connectivity index (χ2v) is 6.19. The molecule has 2 N–H and O–H groups in total. The van der Waals surface area contributed by atoms with Crippen molar-refractivity contribution in [2.75, 3.05) is 24.7 Å². The molecule has 2 aromatic rings. The Labute approximate surface area is 120 Å². The van der Waals surface area contributed by atoms with E-state index < -0.39 is 0 Å². The minimum atomic E-state index is -0.0462. The minimum Gasteiger partial charge on any atom is -0.384 e. The van der Waals surface area contributed by atoms with Crippen LogP contribution in [-0.4, -0.2) is 24.1 Å². The molecule has 1 aromatic heterocycles. The lowest BCUT2D eigenvalue weighted by Gasteiger charge is -2.19. The monoisotopic (exact) mass is 270 g/mol. The maximum absolute atomic E-state index is 5.91. The van der Waals surface area contributed by atoms with Gasteiger partial charge in [-0.05, 0) is 24.3 Å². The van der Waals surface area contributed by atoms with Gasteiger partial charge in [0.25, 0.3) is 0 Å². The van der Waals surface area contributed by atoms with Crippen LogP contribution >= 0.6 is 0 Å². The third-order valence-corrected chi connectivity index (χ3v) is 3.16. The normalized spacial score (nSPS) is 11.4. The molecule has 0 amide bonds. The molecule has 0 aliphatic heterocycles. The fourth-order valence-corrected chi connectivity index (χ4v) is 1.89. The molecule has 4 nitrogen and oxygen atoms in total. The summed E-state index contributed by atoms with van der Waals surface area (Å²) in [6.07, 6.45) is 0. The van der Waals surface area contributed by atoms with Crippen LogP contribution in [-0.2, 0) is 5.41 Å². The van der Waals surface area contributed by atoms with E-state index in [1.165, 1.54) is 0 Å². The summed E-state index contributed by atoms with van der Waals surface area (Å²) in [6.45, 7) is 6.36. The van der Waals surface area contributed by atoms with E-state index in [1.54, 1.807) is 0 Å². The number of hydrogen-bond donors (Lipinski definition) is 1. The average Bonchev–Trinajstić information content (AvgIpc) is 2.37. The van der Waals surface area contributed by atoms with Crippen LogP contribution in [0.15, 0.2) is 30.3 Å². The Hall–Kier alpha value is -2.10. The Balaban J connectivity index is 2.44. The highest BCUT2D eigenvalue weighted by atomic mass is 15.1. The number of nitrogens with zero attached hydrogens (tertiary/aromatic N) is 3. The number of aromatic nitrogens is 2. The third-order valence-electron chi connectivity index (χ3n) is 3.16. The van der Waals surface area contributed by atoms with Gasteiger partial charge in [0.2, 0.25) is 0 Å². The van der Waals surface area contributed by atoms with E-state index in [2.05, 4.69) is 47.8 Å². The van der Waals surface area contributed by atoms with Crippen molar-refractivity contribution >= 4 is 11.5 Å². The van der Waals surface area contributed by atoms with E-state index in [-0.39, 0.29) is 5.41 Å². The van der Waals surface area contributed by atoms with Crippen molar-refractivity contribution in [2.45, 2.75) is 26.2 Å². The molecule has 106 valence electrons. The number of nitrogens with two attached hydrogens (primary N) is 1. The van der Waals surface area contributed by atoms with Gasteiger partial charge in [-0.15, -0.1) is 0 Å². The first kappa shape index (κ1) is 14.3. The van der Waals surface area contributed by atoms with Crippen molar-refractivity contribution in [3.8, 4) is 11.4 Å². The van der Waals surface area contributed by atoms with E-state index in [0.29, 0.717) is 11.6 Å². The number of nitrogen functional groups attached to an aromatic ring is 1. The van der Waals surface area contributed by atoms with Crippen LogP contribution in [0.5, 0.6) is 0 Å². The summed E-state index contributed by atoms with van der Waals surface area (Å²) in [6, 6.07) is 10.0. The zero-order chi connectivity index (χ0) is 14.9. The Morgan fingerprint density at radius 3 is 2.10 bits per heavy atom. The highest BCUT2D eigenvalue weighted by molar-refractivity contribution is 5.61. The van der Waals surface area contributed by atoms with Gasteiger partial charge in [-0.25, -0.2) is 9.97 Å². The average molecular weight is 270 g/mol. The van der Waals surface area contributed by atoms with Gasteiger partial charge in [0.05, 0.1) is 5.69 Å². The molecule has 1 aromatic carbocycles. The quantitative estimate of drug-likeness (QED) is 0.911. The number of benzene rings is 1. The Kier molecular flexibility index (Phi) is 3.66. The van der Waals surface area contributed by atoms with Gasteiger partial charge in [-0.1, -0.05) is 20.8 Å². The molecule has 0 aliphatic carbocycles. The van der Waals surface area contributed by atoms with Crippen molar-refractivity contribution in [2.24, 2.45) is 0 Å². The van der Waals surface area contributed by atoms with Crippen LogP contribution in [0, 0.1) is 0 Å². The first-order chi connectivity index (χ1) is 9.27. The van der Waals surface area contributed by atoms with Gasteiger partial charge in [0, 0.05) is 36.8 Å². The molecule has 0 bridgehead atoms. The van der Waals surface area contributed by atoms with Crippen LogP contribution in [0.3, 0.4) is 0 Å². The third kappa shape index (κ3) is 3.07. The lowest BCUT2D eigenvalue weighted by atomic mass is 9.92. The van der Waals surface area contributed by atoms with E-state index >= 15 is 0 Å². The number of rotatable bonds is 2. The van der Waals surface area contributed by atoms with Crippen LogP contribution in [0.2, 0.25) is 0 Å². The van der Waals surface area contributed by atoms with Crippen LogP contribution in [0.4, 0.5) is 11.5 Å². The van der Waals surface area contributed by atoms with E-state index in [4.69, 9.17) is 5.73 Å². The van der Waals surface area contributed by atoms with E-state index in [1.807, 2.05) is 32.3 Å². The topological polar surface area (TPSA) is 55.0 Å². The number of anilines is 2. The second-order valence-electron chi connectivity index (χ2n) is 6.19. The Bertz CT molecular complexity index is 595. The fraction of sp³-hybridized carbons (Fsp3) is 0.375. The molecule has 0 spiro atoms. The van der Waals surface area contributed by atoms with E-state index in [9.17, 15) is 0 Å². The molecule has 20 heavy (non-hydrogen) atoms. The van der Waals surface area contributed by atoms with Crippen LogP contribution in [0.25, 0.3) is 11.4 Å². The zero-order valence-corrected chi connectivity index (χ0v) is 12.8. The van der Waals surface area contributed by atoms with Crippen LogP contribution < -0.4 is 10.6 Å². The summed E-state index contributed by atoms with van der Waals surface area (Å²) in [7, 11) is 4.04. The zero-order valence-electron chi connectivity index (χ0n) is 12.8. The first-order valence-corrected chi connectivity index (χ1v) is 6.70. The highest BCUT2D eigenvalue weighted by Crippen LogP contribution is 2.25. The summed E-state index contributed by atoms with van der Waals surface area (Å²) >= 11 is 0. The Morgan fingerprint density at radius 2 is 1.60 bits per heavy atom. The van der Waals surface area contributed by atoms with Gasteiger partial charge in [-0.2, -0.15) is 0 Å². The predicted octanol–water partition coefficient (Wildman–Crippen LogP) is 3.09. The maximum Gasteiger partial charge on any atom is 0.161 e. The molecule has 0 aliphatic rings. The molecule has 0 atom stereocenters. The molecule has 2 rings (SSSR count). The predicted molar refractivity (Wildman–Crippen MR) is 84.9 cm³/mol. The molecule has 0 saturated carbocycles. The summed E-state index contributed by atoms with van der Waals surface area (Å²) < 4.78 is 0. The lowest BCUT2D eigenvalue weighted by Crippen LogP contribution is -2.15. The van der Waals surface area contributed by atoms with Crippen molar-refractivity contribution < 1.29 is 0 Å². The SMILES string of the molecule is CN(C)c1ccc(-c2nc(N)cc(C(C)(C)C)n2)cc1. The smallest absolute Gasteiger partial charge is 0.161 e. The second kappa shape index (κ2) is 5.12. The highest BCUT2D eigenvalue weighted by Gasteiger charge is 2.17. The molecular weight excluding hydrogens is 248 g/mol. The molecule has 0 unspecified atom stereocenters. The van der Waals surface area contributed by atoms with Crippen molar-refractivity contribution in [1.82, 2.24) is 9.97 Å². The molecule has 0 saturated heterocycles. The first-order valence-electron chi connectivity index (χ1n) is 6.70. The summed E-state index contributed by atoms with van der Waals surface area (Å²) in [4.78, 5) is 11.1. The maximum atomic E-state index is 5.91. The van der Waals surface area contributed by atoms with Gasteiger partial charge < -0.3 is 10.6 Å². The largest absolute Gasteiger partial charge is 0.384 e.